The number of nitrogens with one attached hydrogen (secondary N) is 1. The molecule has 0 unspecified atom stereocenters. The second-order valence-electron chi connectivity index (χ2n) is 6.88. The van der Waals surface area contributed by atoms with E-state index in [1.54, 1.807) is 19.1 Å². The van der Waals surface area contributed by atoms with Gasteiger partial charge in [0.2, 0.25) is 10.0 Å². The molecule has 10 heteroatoms. The van der Waals surface area contributed by atoms with E-state index in [0.717, 1.165) is 18.2 Å². The fourth-order valence-corrected chi connectivity index (χ4v) is 5.45. The lowest BCUT2D eigenvalue weighted by atomic mass is 10.2. The fourth-order valence-electron chi connectivity index (χ4n) is 2.46. The van der Waals surface area contributed by atoms with Gasteiger partial charge >= 0.3 is 6.18 Å². The van der Waals surface area contributed by atoms with E-state index < -0.39 is 47.8 Å². The third-order valence-electron chi connectivity index (χ3n) is 4.27. The molecule has 28 heavy (non-hydrogen) atoms. The van der Waals surface area contributed by atoms with Crippen LogP contribution < -0.4 is 4.72 Å². The number of halogens is 3. The molecule has 0 saturated carbocycles. The normalized spacial score (nSPS) is 13.5. The van der Waals surface area contributed by atoms with Crippen LogP contribution in [-0.2, 0) is 26.0 Å². The maximum Gasteiger partial charge on any atom is 0.416 e. The lowest BCUT2D eigenvalue weighted by Crippen LogP contribution is -2.44. The van der Waals surface area contributed by atoms with Crippen molar-refractivity contribution in [3.8, 4) is 0 Å². The fraction of sp³-hybridized carbons (Fsp3) is 0.333. The van der Waals surface area contributed by atoms with Crippen LogP contribution in [0.25, 0.3) is 0 Å². The van der Waals surface area contributed by atoms with Crippen LogP contribution >= 0.6 is 0 Å². The second-order valence-corrected chi connectivity index (χ2v) is 11.2. The van der Waals surface area contributed by atoms with E-state index in [0.29, 0.717) is 11.6 Å². The van der Waals surface area contributed by atoms with Crippen molar-refractivity contribution in [3.05, 3.63) is 59.7 Å². The second kappa shape index (κ2) is 7.49. The number of sulfonamides is 1. The molecule has 0 heterocycles. The van der Waals surface area contributed by atoms with Crippen molar-refractivity contribution in [1.29, 1.82) is 0 Å². The standard InChI is InChI=1S/C18H20F3NO4S2/c1-13-7-4-5-10-16(13)28(25,26)22-12-17(2,3)27(23,24)15-9-6-8-14(11-15)18(19,20)21/h4-11,22H,12H2,1-3H3. The van der Waals surface area contributed by atoms with Gasteiger partial charge in [0.1, 0.15) is 0 Å². The third kappa shape index (κ3) is 4.56. The summed E-state index contributed by atoms with van der Waals surface area (Å²) in [6, 6.07) is 9.55. The topological polar surface area (TPSA) is 80.3 Å². The zero-order valence-electron chi connectivity index (χ0n) is 15.4. The van der Waals surface area contributed by atoms with Crippen LogP contribution in [0.2, 0.25) is 0 Å². The number of hydrogen-bond acceptors (Lipinski definition) is 4. The first-order chi connectivity index (χ1) is 12.7. The molecule has 0 radical (unpaired) electrons. The van der Waals surface area contributed by atoms with Gasteiger partial charge in [0.05, 0.1) is 20.1 Å². The van der Waals surface area contributed by atoms with Gasteiger partial charge in [-0.3, -0.25) is 0 Å². The van der Waals surface area contributed by atoms with Crippen LogP contribution in [0.3, 0.4) is 0 Å². The summed E-state index contributed by atoms with van der Waals surface area (Å²) in [6.07, 6.45) is -4.69. The van der Waals surface area contributed by atoms with Gasteiger partial charge in [-0.1, -0.05) is 24.3 Å². The highest BCUT2D eigenvalue weighted by atomic mass is 32.2. The Morgan fingerprint density at radius 1 is 0.929 bits per heavy atom. The number of aryl methyl sites for hydroxylation is 1. The lowest BCUT2D eigenvalue weighted by molar-refractivity contribution is -0.137. The monoisotopic (exact) mass is 435 g/mol. The Morgan fingerprint density at radius 3 is 2.11 bits per heavy atom. The lowest BCUT2D eigenvalue weighted by Gasteiger charge is -2.25. The minimum absolute atomic E-state index is 0.00210. The average molecular weight is 435 g/mol. The first-order valence-corrected chi connectivity index (χ1v) is 11.1. The quantitative estimate of drug-likeness (QED) is 0.753. The van der Waals surface area contributed by atoms with E-state index in [-0.39, 0.29) is 4.90 Å². The molecule has 0 fully saturated rings. The summed E-state index contributed by atoms with van der Waals surface area (Å²) in [6.45, 7) is 3.59. The zero-order chi connectivity index (χ0) is 21.4. The molecule has 2 aromatic carbocycles. The van der Waals surface area contributed by atoms with E-state index in [1.165, 1.54) is 26.0 Å². The van der Waals surface area contributed by atoms with E-state index in [2.05, 4.69) is 4.72 Å². The third-order valence-corrected chi connectivity index (χ3v) is 8.31. The molecule has 0 saturated heterocycles. The minimum Gasteiger partial charge on any atom is -0.223 e. The summed E-state index contributed by atoms with van der Waals surface area (Å²) < 4.78 is 89.9. The van der Waals surface area contributed by atoms with Crippen LogP contribution in [0.4, 0.5) is 13.2 Å². The number of sulfone groups is 1. The molecule has 0 aliphatic heterocycles. The van der Waals surface area contributed by atoms with Gasteiger partial charge in [-0.25, -0.2) is 21.6 Å². The van der Waals surface area contributed by atoms with Crippen molar-refractivity contribution >= 4 is 19.9 Å². The van der Waals surface area contributed by atoms with Crippen LogP contribution in [0.15, 0.2) is 58.3 Å². The predicted molar refractivity (Wildman–Crippen MR) is 99.1 cm³/mol. The van der Waals surface area contributed by atoms with Crippen molar-refractivity contribution < 1.29 is 30.0 Å². The van der Waals surface area contributed by atoms with E-state index >= 15 is 0 Å². The highest BCUT2D eigenvalue weighted by Gasteiger charge is 2.39. The maximum absolute atomic E-state index is 12.9. The summed E-state index contributed by atoms with van der Waals surface area (Å²) in [7, 11) is -8.26. The largest absolute Gasteiger partial charge is 0.416 e. The highest BCUT2D eigenvalue weighted by molar-refractivity contribution is 7.93. The van der Waals surface area contributed by atoms with E-state index in [4.69, 9.17) is 0 Å². The predicted octanol–water partition coefficient (Wildman–Crippen LogP) is 3.54. The summed E-state index contributed by atoms with van der Waals surface area (Å²) >= 11 is 0. The summed E-state index contributed by atoms with van der Waals surface area (Å²) in [4.78, 5) is -0.523. The molecule has 0 aromatic heterocycles. The molecule has 0 aliphatic carbocycles. The first kappa shape index (κ1) is 22.4. The summed E-state index contributed by atoms with van der Waals surface area (Å²) in [5.41, 5.74) is -0.613. The van der Waals surface area contributed by atoms with Crippen molar-refractivity contribution in [1.82, 2.24) is 4.72 Å². The van der Waals surface area contributed by atoms with E-state index in [9.17, 15) is 30.0 Å². The van der Waals surface area contributed by atoms with E-state index in [1.807, 2.05) is 0 Å². The van der Waals surface area contributed by atoms with Crippen molar-refractivity contribution in [2.75, 3.05) is 6.54 Å². The molecule has 0 amide bonds. The van der Waals surface area contributed by atoms with Crippen LogP contribution in [-0.4, -0.2) is 28.1 Å². The van der Waals surface area contributed by atoms with Gasteiger partial charge in [-0.15, -0.1) is 0 Å². The van der Waals surface area contributed by atoms with Gasteiger partial charge in [0.15, 0.2) is 9.84 Å². The molecule has 5 nitrogen and oxygen atoms in total. The zero-order valence-corrected chi connectivity index (χ0v) is 17.0. The molecule has 0 atom stereocenters. The molecule has 0 spiro atoms. The molecule has 1 N–H and O–H groups in total. The average Bonchev–Trinajstić information content (AvgIpc) is 2.59. The number of hydrogen-bond donors (Lipinski definition) is 1. The summed E-state index contributed by atoms with van der Waals surface area (Å²) in [5, 5.41) is 0. The first-order valence-electron chi connectivity index (χ1n) is 8.16. The molecule has 0 aliphatic rings. The molecule has 154 valence electrons. The van der Waals surface area contributed by atoms with Crippen molar-refractivity contribution in [3.63, 3.8) is 0 Å². The Hall–Kier alpha value is -1.91. The Labute approximate surface area is 162 Å². The van der Waals surface area contributed by atoms with Crippen LogP contribution in [0.5, 0.6) is 0 Å². The smallest absolute Gasteiger partial charge is 0.223 e. The molecule has 2 rings (SSSR count). The molecule has 2 aromatic rings. The SMILES string of the molecule is Cc1ccccc1S(=O)(=O)NCC(C)(C)S(=O)(=O)c1cccc(C(F)(F)F)c1. The summed E-state index contributed by atoms with van der Waals surface area (Å²) in [5.74, 6) is 0. The van der Waals surface area contributed by atoms with Gasteiger partial charge in [0, 0.05) is 6.54 Å². The molecular formula is C18H20F3NO4S2. The Morgan fingerprint density at radius 2 is 1.54 bits per heavy atom. The van der Waals surface area contributed by atoms with Crippen molar-refractivity contribution in [2.24, 2.45) is 0 Å². The van der Waals surface area contributed by atoms with Crippen LogP contribution in [0.1, 0.15) is 25.0 Å². The maximum atomic E-state index is 12.9. The number of benzene rings is 2. The van der Waals surface area contributed by atoms with Gasteiger partial charge < -0.3 is 0 Å². The van der Waals surface area contributed by atoms with Crippen LogP contribution in [0, 0.1) is 6.92 Å². The Kier molecular flexibility index (Phi) is 5.99. The number of rotatable bonds is 6. The Balaban J connectivity index is 2.32. The van der Waals surface area contributed by atoms with Gasteiger partial charge in [-0.2, -0.15) is 13.2 Å². The number of alkyl halides is 3. The minimum atomic E-state index is -4.69. The van der Waals surface area contributed by atoms with Gasteiger partial charge in [-0.05, 0) is 50.6 Å². The van der Waals surface area contributed by atoms with Crippen molar-refractivity contribution in [2.45, 2.75) is 41.5 Å². The van der Waals surface area contributed by atoms with Gasteiger partial charge in [0.25, 0.3) is 0 Å². The molecular weight excluding hydrogens is 415 g/mol. The Bertz CT molecular complexity index is 1080. The molecule has 0 bridgehead atoms. The highest BCUT2D eigenvalue weighted by Crippen LogP contribution is 2.33.